The number of aromatic nitrogens is 2. The van der Waals surface area contributed by atoms with Crippen LogP contribution in [0.25, 0.3) is 0 Å². The van der Waals surface area contributed by atoms with Crippen LogP contribution in [0.5, 0.6) is 5.75 Å². The first kappa shape index (κ1) is 21.9. The average molecular weight is 432 g/mol. The molecule has 0 aliphatic carbocycles. The summed E-state index contributed by atoms with van der Waals surface area (Å²) in [5.74, 6) is -0.385. The predicted octanol–water partition coefficient (Wildman–Crippen LogP) is 4.30. The number of aromatic carboxylic acids is 1. The monoisotopic (exact) mass is 432 g/mol. The number of hydrogen-bond donors (Lipinski definition) is 3. The Balaban J connectivity index is 1.63. The summed E-state index contributed by atoms with van der Waals surface area (Å²) in [4.78, 5) is 19.5. The summed E-state index contributed by atoms with van der Waals surface area (Å²) in [6, 6.07) is 14.0. The molecule has 0 amide bonds. The molecular formula is C21H19F3N4O3. The van der Waals surface area contributed by atoms with Crippen molar-refractivity contribution in [3.8, 4) is 5.75 Å². The number of ether oxygens (including phenoxy) is 1. The standard InChI is InChI=1S/C21H19F3N4O3/c22-21(23,24)15-6-4-5-14(11-15)12-26-20-27-13-17(19(29)30)18(28-20)25-9-10-31-16-7-2-1-3-8-16/h1-8,11,13H,9-10,12H2,(H,29,30)(H2,25,26,27,28). The van der Waals surface area contributed by atoms with E-state index < -0.39 is 17.7 Å². The van der Waals surface area contributed by atoms with Crippen molar-refractivity contribution >= 4 is 17.7 Å². The van der Waals surface area contributed by atoms with Crippen LogP contribution in [0.1, 0.15) is 21.5 Å². The molecular weight excluding hydrogens is 413 g/mol. The highest BCUT2D eigenvalue weighted by Crippen LogP contribution is 2.29. The van der Waals surface area contributed by atoms with E-state index in [1.165, 1.54) is 12.1 Å². The summed E-state index contributed by atoms with van der Waals surface area (Å²) in [6.07, 6.45) is -3.31. The van der Waals surface area contributed by atoms with Crippen molar-refractivity contribution in [2.75, 3.05) is 23.8 Å². The number of anilines is 2. The fourth-order valence-corrected chi connectivity index (χ4v) is 2.65. The molecule has 0 saturated heterocycles. The lowest BCUT2D eigenvalue weighted by Crippen LogP contribution is -2.16. The Labute approximate surface area is 175 Å². The van der Waals surface area contributed by atoms with E-state index in [9.17, 15) is 23.1 Å². The van der Waals surface area contributed by atoms with Crippen molar-refractivity contribution in [1.82, 2.24) is 9.97 Å². The maximum absolute atomic E-state index is 12.8. The largest absolute Gasteiger partial charge is 0.492 e. The van der Waals surface area contributed by atoms with Gasteiger partial charge in [-0.1, -0.05) is 30.3 Å². The number of alkyl halides is 3. The number of carboxylic acids is 1. The van der Waals surface area contributed by atoms with Crippen molar-refractivity contribution < 1.29 is 27.8 Å². The highest BCUT2D eigenvalue weighted by molar-refractivity contribution is 5.92. The summed E-state index contributed by atoms with van der Waals surface area (Å²) in [7, 11) is 0. The first-order chi connectivity index (χ1) is 14.8. The number of carboxylic acid groups (broad SMARTS) is 1. The zero-order valence-corrected chi connectivity index (χ0v) is 16.2. The van der Waals surface area contributed by atoms with Crippen LogP contribution in [-0.2, 0) is 12.7 Å². The molecule has 0 spiro atoms. The molecule has 3 N–H and O–H groups in total. The van der Waals surface area contributed by atoms with Gasteiger partial charge in [0.25, 0.3) is 0 Å². The van der Waals surface area contributed by atoms with Crippen molar-refractivity contribution in [3.05, 3.63) is 77.5 Å². The van der Waals surface area contributed by atoms with E-state index in [2.05, 4.69) is 20.6 Å². The molecule has 1 aromatic heterocycles. The van der Waals surface area contributed by atoms with E-state index in [4.69, 9.17) is 4.74 Å². The lowest BCUT2D eigenvalue weighted by Gasteiger charge is -2.12. The fourth-order valence-electron chi connectivity index (χ4n) is 2.65. The molecule has 0 aliphatic heterocycles. The normalized spacial score (nSPS) is 11.1. The zero-order chi connectivity index (χ0) is 22.3. The first-order valence-electron chi connectivity index (χ1n) is 9.25. The van der Waals surface area contributed by atoms with Crippen LogP contribution in [-0.4, -0.2) is 34.2 Å². The molecule has 0 radical (unpaired) electrons. The van der Waals surface area contributed by atoms with Crippen LogP contribution >= 0.6 is 0 Å². The van der Waals surface area contributed by atoms with Crippen LogP contribution < -0.4 is 15.4 Å². The van der Waals surface area contributed by atoms with Crippen molar-refractivity contribution in [3.63, 3.8) is 0 Å². The minimum absolute atomic E-state index is 0.0346. The van der Waals surface area contributed by atoms with Gasteiger partial charge in [-0.3, -0.25) is 0 Å². The predicted molar refractivity (Wildman–Crippen MR) is 108 cm³/mol. The number of carbonyl (C=O) groups is 1. The van der Waals surface area contributed by atoms with Gasteiger partial charge in [-0.2, -0.15) is 18.2 Å². The number of hydrogen-bond acceptors (Lipinski definition) is 6. The third kappa shape index (κ3) is 6.33. The summed E-state index contributed by atoms with van der Waals surface area (Å²) in [5, 5.41) is 15.0. The minimum Gasteiger partial charge on any atom is -0.492 e. The average Bonchev–Trinajstić information content (AvgIpc) is 2.75. The van der Waals surface area contributed by atoms with Crippen molar-refractivity contribution in [1.29, 1.82) is 0 Å². The van der Waals surface area contributed by atoms with Gasteiger partial charge in [0.2, 0.25) is 5.95 Å². The molecule has 31 heavy (non-hydrogen) atoms. The van der Waals surface area contributed by atoms with Gasteiger partial charge >= 0.3 is 12.1 Å². The van der Waals surface area contributed by atoms with Gasteiger partial charge < -0.3 is 20.5 Å². The molecule has 0 unspecified atom stereocenters. The van der Waals surface area contributed by atoms with Crippen LogP contribution in [0, 0.1) is 0 Å². The van der Waals surface area contributed by atoms with Gasteiger partial charge in [0.05, 0.1) is 12.1 Å². The maximum Gasteiger partial charge on any atom is 0.416 e. The van der Waals surface area contributed by atoms with Crippen molar-refractivity contribution in [2.24, 2.45) is 0 Å². The highest BCUT2D eigenvalue weighted by Gasteiger charge is 2.30. The Morgan fingerprint density at radius 3 is 2.55 bits per heavy atom. The summed E-state index contributed by atoms with van der Waals surface area (Å²) in [6.45, 7) is 0.576. The van der Waals surface area contributed by atoms with Gasteiger partial charge in [-0.15, -0.1) is 0 Å². The molecule has 0 atom stereocenters. The summed E-state index contributed by atoms with van der Waals surface area (Å²) < 4.78 is 44.1. The number of para-hydroxylation sites is 1. The van der Waals surface area contributed by atoms with E-state index in [1.807, 2.05) is 18.2 Å². The maximum atomic E-state index is 12.8. The van der Waals surface area contributed by atoms with Crippen LogP contribution in [0.4, 0.5) is 24.9 Å². The van der Waals surface area contributed by atoms with Crippen LogP contribution in [0.2, 0.25) is 0 Å². The molecule has 0 bridgehead atoms. The first-order valence-corrected chi connectivity index (χ1v) is 9.25. The number of halogens is 3. The Morgan fingerprint density at radius 2 is 1.84 bits per heavy atom. The van der Waals surface area contributed by atoms with Crippen LogP contribution in [0.15, 0.2) is 60.8 Å². The van der Waals surface area contributed by atoms with Crippen molar-refractivity contribution in [2.45, 2.75) is 12.7 Å². The van der Waals surface area contributed by atoms with E-state index >= 15 is 0 Å². The molecule has 0 fully saturated rings. The summed E-state index contributed by atoms with van der Waals surface area (Å²) >= 11 is 0. The Morgan fingerprint density at radius 1 is 1.06 bits per heavy atom. The van der Waals surface area contributed by atoms with Gasteiger partial charge in [0.1, 0.15) is 23.7 Å². The van der Waals surface area contributed by atoms with Gasteiger partial charge in [0, 0.05) is 12.7 Å². The smallest absolute Gasteiger partial charge is 0.416 e. The summed E-state index contributed by atoms with van der Waals surface area (Å²) in [5.41, 5.74) is -0.509. The molecule has 0 saturated carbocycles. The second-order valence-electron chi connectivity index (χ2n) is 6.40. The molecule has 3 aromatic rings. The fraction of sp³-hybridized carbons (Fsp3) is 0.190. The van der Waals surface area contributed by atoms with E-state index in [1.54, 1.807) is 12.1 Å². The second kappa shape index (κ2) is 9.79. The molecule has 10 heteroatoms. The zero-order valence-electron chi connectivity index (χ0n) is 16.2. The quantitative estimate of drug-likeness (QED) is 0.434. The molecule has 1 heterocycles. The van der Waals surface area contributed by atoms with E-state index in [0.717, 1.165) is 18.3 Å². The lowest BCUT2D eigenvalue weighted by molar-refractivity contribution is -0.137. The van der Waals surface area contributed by atoms with Crippen LogP contribution in [0.3, 0.4) is 0 Å². The van der Waals surface area contributed by atoms with Gasteiger partial charge in [0.15, 0.2) is 0 Å². The number of rotatable bonds is 9. The molecule has 3 rings (SSSR count). The SMILES string of the molecule is O=C(O)c1cnc(NCc2cccc(C(F)(F)F)c2)nc1NCCOc1ccccc1. The molecule has 7 nitrogen and oxygen atoms in total. The molecule has 162 valence electrons. The third-order valence-corrected chi connectivity index (χ3v) is 4.13. The topological polar surface area (TPSA) is 96.4 Å². The lowest BCUT2D eigenvalue weighted by atomic mass is 10.1. The Kier molecular flexibility index (Phi) is 6.91. The number of nitrogens with zero attached hydrogens (tertiary/aromatic N) is 2. The Bertz CT molecular complexity index is 1030. The second-order valence-corrected chi connectivity index (χ2v) is 6.40. The number of nitrogens with one attached hydrogen (secondary N) is 2. The third-order valence-electron chi connectivity index (χ3n) is 4.13. The highest BCUT2D eigenvalue weighted by atomic mass is 19.4. The van der Waals surface area contributed by atoms with E-state index in [-0.39, 0.29) is 37.0 Å². The number of benzene rings is 2. The van der Waals surface area contributed by atoms with E-state index in [0.29, 0.717) is 11.3 Å². The van der Waals surface area contributed by atoms with Gasteiger partial charge in [-0.05, 0) is 29.8 Å². The Hall–Kier alpha value is -3.82. The molecule has 0 aliphatic rings. The molecule has 2 aromatic carbocycles. The van der Waals surface area contributed by atoms with Gasteiger partial charge in [-0.25, -0.2) is 9.78 Å². The minimum atomic E-state index is -4.44.